The molecule has 0 atom stereocenters. The first-order chi connectivity index (χ1) is 11.2. The van der Waals surface area contributed by atoms with Crippen LogP contribution in [0.1, 0.15) is 5.56 Å². The number of nitrogens with one attached hydrogen (secondary N) is 2. The molecular formula is C17H17N5O. The van der Waals surface area contributed by atoms with Gasteiger partial charge < -0.3 is 15.4 Å². The zero-order valence-corrected chi connectivity index (χ0v) is 12.9. The van der Waals surface area contributed by atoms with Crippen molar-refractivity contribution in [3.8, 4) is 5.75 Å². The van der Waals surface area contributed by atoms with Crippen molar-refractivity contribution in [1.29, 1.82) is 0 Å². The van der Waals surface area contributed by atoms with Crippen LogP contribution >= 0.6 is 0 Å². The summed E-state index contributed by atoms with van der Waals surface area (Å²) in [6.07, 6.45) is 1.58. The molecule has 0 radical (unpaired) electrons. The minimum absolute atomic E-state index is 0.423. The first-order valence-electron chi connectivity index (χ1n) is 7.17. The van der Waals surface area contributed by atoms with Crippen molar-refractivity contribution in [2.75, 3.05) is 17.7 Å². The predicted molar refractivity (Wildman–Crippen MR) is 90.6 cm³/mol. The van der Waals surface area contributed by atoms with Crippen LogP contribution in [0.2, 0.25) is 0 Å². The molecule has 1 aromatic heterocycles. The number of anilines is 4. The van der Waals surface area contributed by atoms with E-state index >= 15 is 0 Å². The minimum atomic E-state index is 0.423. The standard InChI is InChI=1S/C17H17N5O/c1-12-3-5-13(6-4-12)19-16-11-18-22-17(21-16)20-14-7-9-15(23-2)10-8-14/h3-11H,1-2H3,(H2,19,20,21,22). The summed E-state index contributed by atoms with van der Waals surface area (Å²) >= 11 is 0. The maximum atomic E-state index is 5.13. The number of hydrogen-bond donors (Lipinski definition) is 2. The Labute approximate surface area is 134 Å². The van der Waals surface area contributed by atoms with E-state index in [0.29, 0.717) is 11.8 Å². The van der Waals surface area contributed by atoms with Crippen LogP contribution in [-0.4, -0.2) is 22.3 Å². The van der Waals surface area contributed by atoms with Gasteiger partial charge in [0.15, 0.2) is 5.82 Å². The molecule has 0 amide bonds. The van der Waals surface area contributed by atoms with E-state index in [2.05, 4.69) is 25.8 Å². The van der Waals surface area contributed by atoms with Crippen LogP contribution in [0, 0.1) is 6.92 Å². The normalized spacial score (nSPS) is 10.2. The van der Waals surface area contributed by atoms with E-state index in [1.807, 2.05) is 55.5 Å². The minimum Gasteiger partial charge on any atom is -0.497 e. The molecule has 2 aromatic carbocycles. The number of hydrogen-bond acceptors (Lipinski definition) is 6. The second-order valence-electron chi connectivity index (χ2n) is 5.01. The third kappa shape index (κ3) is 3.94. The molecule has 0 unspecified atom stereocenters. The van der Waals surface area contributed by atoms with Crippen molar-refractivity contribution in [3.63, 3.8) is 0 Å². The molecule has 6 nitrogen and oxygen atoms in total. The van der Waals surface area contributed by atoms with Crippen LogP contribution in [0.4, 0.5) is 23.1 Å². The van der Waals surface area contributed by atoms with E-state index in [1.54, 1.807) is 13.3 Å². The van der Waals surface area contributed by atoms with Gasteiger partial charge in [0, 0.05) is 11.4 Å². The van der Waals surface area contributed by atoms with Crippen LogP contribution < -0.4 is 15.4 Å². The molecule has 0 spiro atoms. The summed E-state index contributed by atoms with van der Waals surface area (Å²) in [4.78, 5) is 4.40. The Balaban J connectivity index is 1.72. The topological polar surface area (TPSA) is 72.0 Å². The monoisotopic (exact) mass is 307 g/mol. The van der Waals surface area contributed by atoms with Gasteiger partial charge >= 0.3 is 0 Å². The molecular weight excluding hydrogens is 290 g/mol. The first-order valence-corrected chi connectivity index (χ1v) is 7.17. The van der Waals surface area contributed by atoms with Gasteiger partial charge in [-0.25, -0.2) is 0 Å². The zero-order valence-electron chi connectivity index (χ0n) is 12.9. The van der Waals surface area contributed by atoms with Gasteiger partial charge in [-0.1, -0.05) is 17.7 Å². The van der Waals surface area contributed by atoms with Crippen LogP contribution in [0.25, 0.3) is 0 Å². The van der Waals surface area contributed by atoms with E-state index in [1.165, 1.54) is 5.56 Å². The van der Waals surface area contributed by atoms with Gasteiger partial charge in [-0.2, -0.15) is 10.1 Å². The summed E-state index contributed by atoms with van der Waals surface area (Å²) in [5.41, 5.74) is 3.02. The number of aryl methyl sites for hydroxylation is 1. The molecule has 0 bridgehead atoms. The van der Waals surface area contributed by atoms with Crippen molar-refractivity contribution < 1.29 is 4.74 Å². The fraction of sp³-hybridized carbons (Fsp3) is 0.118. The predicted octanol–water partition coefficient (Wildman–Crippen LogP) is 3.68. The third-order valence-electron chi connectivity index (χ3n) is 3.23. The molecule has 0 aliphatic heterocycles. The molecule has 3 aromatic rings. The fourth-order valence-corrected chi connectivity index (χ4v) is 2.00. The summed E-state index contributed by atoms with van der Waals surface area (Å²) < 4.78 is 5.13. The highest BCUT2D eigenvalue weighted by atomic mass is 16.5. The van der Waals surface area contributed by atoms with Gasteiger partial charge in [-0.05, 0) is 43.3 Å². The maximum Gasteiger partial charge on any atom is 0.249 e. The summed E-state index contributed by atoms with van der Waals surface area (Å²) in [5, 5.41) is 14.3. The Kier molecular flexibility index (Phi) is 4.33. The van der Waals surface area contributed by atoms with E-state index in [4.69, 9.17) is 4.74 Å². The summed E-state index contributed by atoms with van der Waals surface area (Å²) in [6, 6.07) is 15.6. The molecule has 1 heterocycles. The number of nitrogens with zero attached hydrogens (tertiary/aromatic N) is 3. The Morgan fingerprint density at radius 2 is 1.52 bits per heavy atom. The molecule has 23 heavy (non-hydrogen) atoms. The summed E-state index contributed by atoms with van der Waals surface area (Å²) in [5.74, 6) is 1.84. The van der Waals surface area contributed by atoms with E-state index in [0.717, 1.165) is 17.1 Å². The molecule has 116 valence electrons. The quantitative estimate of drug-likeness (QED) is 0.749. The molecule has 0 saturated heterocycles. The number of ether oxygens (including phenoxy) is 1. The van der Waals surface area contributed by atoms with E-state index < -0.39 is 0 Å². The van der Waals surface area contributed by atoms with Crippen molar-refractivity contribution in [2.24, 2.45) is 0 Å². The molecule has 0 saturated carbocycles. The van der Waals surface area contributed by atoms with Gasteiger partial charge in [0.05, 0.1) is 13.3 Å². The SMILES string of the molecule is COc1ccc(Nc2nncc(Nc3ccc(C)cc3)n2)cc1. The zero-order chi connectivity index (χ0) is 16.1. The third-order valence-corrected chi connectivity index (χ3v) is 3.23. The van der Waals surface area contributed by atoms with Crippen LogP contribution in [0.5, 0.6) is 5.75 Å². The second-order valence-corrected chi connectivity index (χ2v) is 5.01. The number of aromatic nitrogens is 3. The molecule has 6 heteroatoms. The molecule has 0 aliphatic rings. The highest BCUT2D eigenvalue weighted by molar-refractivity contribution is 5.59. The second kappa shape index (κ2) is 6.74. The lowest BCUT2D eigenvalue weighted by molar-refractivity contribution is 0.415. The Morgan fingerprint density at radius 3 is 2.22 bits per heavy atom. The van der Waals surface area contributed by atoms with E-state index in [-0.39, 0.29) is 0 Å². The van der Waals surface area contributed by atoms with Crippen molar-refractivity contribution in [3.05, 3.63) is 60.3 Å². The fourth-order valence-electron chi connectivity index (χ4n) is 2.00. The van der Waals surface area contributed by atoms with E-state index in [9.17, 15) is 0 Å². The Hall–Kier alpha value is -3.15. The lowest BCUT2D eigenvalue weighted by Gasteiger charge is -2.08. The van der Waals surface area contributed by atoms with Crippen molar-refractivity contribution in [1.82, 2.24) is 15.2 Å². The Morgan fingerprint density at radius 1 is 0.870 bits per heavy atom. The highest BCUT2D eigenvalue weighted by Gasteiger charge is 2.02. The number of methoxy groups -OCH3 is 1. The van der Waals surface area contributed by atoms with Crippen LogP contribution in [-0.2, 0) is 0 Å². The smallest absolute Gasteiger partial charge is 0.249 e. The number of benzene rings is 2. The average Bonchev–Trinajstić information content (AvgIpc) is 2.58. The summed E-state index contributed by atoms with van der Waals surface area (Å²) in [6.45, 7) is 2.05. The molecule has 3 rings (SSSR count). The van der Waals surface area contributed by atoms with Crippen molar-refractivity contribution in [2.45, 2.75) is 6.92 Å². The highest BCUT2D eigenvalue weighted by Crippen LogP contribution is 2.19. The lowest BCUT2D eigenvalue weighted by Crippen LogP contribution is -2.02. The summed E-state index contributed by atoms with van der Waals surface area (Å²) in [7, 11) is 1.63. The molecule has 2 N–H and O–H groups in total. The molecule has 0 fully saturated rings. The van der Waals surface area contributed by atoms with Gasteiger partial charge in [0.25, 0.3) is 0 Å². The maximum absolute atomic E-state index is 5.13. The average molecular weight is 307 g/mol. The largest absolute Gasteiger partial charge is 0.497 e. The van der Waals surface area contributed by atoms with Crippen molar-refractivity contribution >= 4 is 23.1 Å². The van der Waals surface area contributed by atoms with Gasteiger partial charge in [-0.3, -0.25) is 0 Å². The van der Waals surface area contributed by atoms with Crippen LogP contribution in [0.15, 0.2) is 54.7 Å². The van der Waals surface area contributed by atoms with Crippen LogP contribution in [0.3, 0.4) is 0 Å². The first kappa shape index (κ1) is 14.8. The lowest BCUT2D eigenvalue weighted by atomic mass is 10.2. The molecule has 0 aliphatic carbocycles. The van der Waals surface area contributed by atoms with Gasteiger partial charge in [0.2, 0.25) is 5.95 Å². The van der Waals surface area contributed by atoms with Gasteiger partial charge in [-0.15, -0.1) is 5.10 Å². The number of rotatable bonds is 5. The van der Waals surface area contributed by atoms with Gasteiger partial charge in [0.1, 0.15) is 5.75 Å². The Bertz CT molecular complexity index is 772.